The number of rotatable bonds is 5. The molecule has 0 spiro atoms. The number of aromatic nitrogens is 3. The Balaban J connectivity index is 1.56. The summed E-state index contributed by atoms with van der Waals surface area (Å²) in [5, 5.41) is 12.1. The molecule has 0 radical (unpaired) electrons. The zero-order chi connectivity index (χ0) is 19.3. The maximum Gasteiger partial charge on any atom is 0.270 e. The van der Waals surface area contributed by atoms with E-state index in [9.17, 15) is 9.59 Å². The fourth-order valence-electron chi connectivity index (χ4n) is 3.39. The number of fused-ring (bicyclic) bond motifs is 1. The minimum Gasteiger partial charge on any atom is -0.335 e. The van der Waals surface area contributed by atoms with Gasteiger partial charge >= 0.3 is 0 Å². The summed E-state index contributed by atoms with van der Waals surface area (Å²) in [7, 11) is 0. The molecule has 28 heavy (non-hydrogen) atoms. The van der Waals surface area contributed by atoms with Crippen LogP contribution in [0.15, 0.2) is 54.7 Å². The predicted octanol–water partition coefficient (Wildman–Crippen LogP) is 2.79. The molecule has 0 fully saturated rings. The normalized spacial score (nSPS) is 14.0. The van der Waals surface area contributed by atoms with Gasteiger partial charge in [-0.1, -0.05) is 36.4 Å². The molecule has 142 valence electrons. The minimum atomic E-state index is -0.852. The zero-order valence-corrected chi connectivity index (χ0v) is 15.3. The lowest BCUT2D eigenvalue weighted by atomic mass is 9.96. The van der Waals surface area contributed by atoms with Crippen LogP contribution < -0.4 is 10.6 Å². The van der Waals surface area contributed by atoms with Crippen molar-refractivity contribution in [1.82, 2.24) is 20.5 Å². The van der Waals surface area contributed by atoms with E-state index >= 15 is 0 Å². The van der Waals surface area contributed by atoms with Gasteiger partial charge in [0, 0.05) is 11.8 Å². The van der Waals surface area contributed by atoms with Crippen LogP contribution in [0.3, 0.4) is 0 Å². The van der Waals surface area contributed by atoms with Gasteiger partial charge in [0.1, 0.15) is 17.6 Å². The molecule has 2 heterocycles. The largest absolute Gasteiger partial charge is 0.335 e. The van der Waals surface area contributed by atoms with Gasteiger partial charge in [0.2, 0.25) is 0 Å². The molecule has 1 aromatic carbocycles. The second-order valence-corrected chi connectivity index (χ2v) is 6.79. The average Bonchev–Trinajstić information content (AvgIpc) is 3.25. The quantitative estimate of drug-likeness (QED) is 0.638. The first-order valence-electron chi connectivity index (χ1n) is 9.35. The van der Waals surface area contributed by atoms with Gasteiger partial charge in [0.15, 0.2) is 0 Å². The lowest BCUT2D eigenvalue weighted by Crippen LogP contribution is -2.37. The van der Waals surface area contributed by atoms with Crippen molar-refractivity contribution in [3.8, 4) is 0 Å². The summed E-state index contributed by atoms with van der Waals surface area (Å²) in [4.78, 5) is 30.2. The van der Waals surface area contributed by atoms with Crippen LogP contribution >= 0.6 is 0 Å². The number of carbonyl (C=O) groups is 2. The highest BCUT2D eigenvalue weighted by molar-refractivity contribution is 6.00. The van der Waals surface area contributed by atoms with Gasteiger partial charge in [-0.15, -0.1) is 0 Å². The van der Waals surface area contributed by atoms with Crippen molar-refractivity contribution in [3.63, 3.8) is 0 Å². The highest BCUT2D eigenvalue weighted by atomic mass is 16.2. The standard InChI is InChI=1S/C21H21N5O2/c27-20(17-11-10-14-6-4-5-9-16(14)23-17)25-19(15-7-2-1-3-8-15)21(28)24-18-12-13-22-26-18/h1-3,7-8,10-13,19H,4-6,9H2,(H,25,27)(H2,22,24,26,28). The number of hydrogen-bond acceptors (Lipinski definition) is 4. The van der Waals surface area contributed by atoms with E-state index in [1.54, 1.807) is 30.5 Å². The maximum absolute atomic E-state index is 12.8. The molecular formula is C21H21N5O2. The molecule has 0 aliphatic heterocycles. The van der Waals surface area contributed by atoms with Crippen LogP contribution in [0.2, 0.25) is 0 Å². The molecule has 2 aromatic heterocycles. The summed E-state index contributed by atoms with van der Waals surface area (Å²) in [5.41, 5.74) is 3.21. The third kappa shape index (κ3) is 3.93. The first-order valence-corrected chi connectivity index (χ1v) is 9.35. The van der Waals surface area contributed by atoms with E-state index < -0.39 is 6.04 Å². The number of H-pyrrole nitrogens is 1. The first kappa shape index (κ1) is 17.9. The number of aromatic amines is 1. The molecule has 0 saturated heterocycles. The Hall–Kier alpha value is -3.48. The molecule has 0 saturated carbocycles. The Morgan fingerprint density at radius 2 is 1.82 bits per heavy atom. The summed E-state index contributed by atoms with van der Waals surface area (Å²) < 4.78 is 0. The monoisotopic (exact) mass is 375 g/mol. The smallest absolute Gasteiger partial charge is 0.270 e. The number of carbonyl (C=O) groups excluding carboxylic acids is 2. The first-order chi connectivity index (χ1) is 13.7. The van der Waals surface area contributed by atoms with Crippen molar-refractivity contribution >= 4 is 17.6 Å². The van der Waals surface area contributed by atoms with E-state index in [1.165, 1.54) is 5.56 Å². The Labute approximate surface area is 162 Å². The van der Waals surface area contributed by atoms with Crippen LogP contribution in [0, 0.1) is 0 Å². The molecule has 1 atom stereocenters. The fourth-order valence-corrected chi connectivity index (χ4v) is 3.39. The van der Waals surface area contributed by atoms with E-state index in [1.807, 2.05) is 24.3 Å². The van der Waals surface area contributed by atoms with Gasteiger partial charge in [-0.05, 0) is 42.9 Å². The van der Waals surface area contributed by atoms with Gasteiger partial charge in [0.05, 0.1) is 6.20 Å². The van der Waals surface area contributed by atoms with Gasteiger partial charge in [0.25, 0.3) is 11.8 Å². The Morgan fingerprint density at radius 1 is 1.00 bits per heavy atom. The number of benzene rings is 1. The van der Waals surface area contributed by atoms with E-state index in [0.717, 1.165) is 31.4 Å². The SMILES string of the molecule is O=C(NC(C(=O)Nc1ccn[nH]1)c1ccccc1)c1ccc2c(n1)CCCC2. The Kier molecular flexibility index (Phi) is 5.14. The Bertz CT molecular complexity index is 970. The highest BCUT2D eigenvalue weighted by Gasteiger charge is 2.25. The molecule has 7 nitrogen and oxygen atoms in total. The van der Waals surface area contributed by atoms with Crippen molar-refractivity contribution in [3.05, 3.63) is 77.2 Å². The molecule has 1 aliphatic rings. The molecule has 0 bridgehead atoms. The van der Waals surface area contributed by atoms with Crippen LogP contribution in [0.1, 0.15) is 46.2 Å². The molecule has 3 N–H and O–H groups in total. The van der Waals surface area contributed by atoms with E-state index in [2.05, 4.69) is 25.8 Å². The molecule has 3 aromatic rings. The van der Waals surface area contributed by atoms with Gasteiger partial charge in [-0.3, -0.25) is 14.7 Å². The van der Waals surface area contributed by atoms with E-state index in [0.29, 0.717) is 17.1 Å². The number of hydrogen-bond donors (Lipinski definition) is 3. The number of anilines is 1. The number of amides is 2. The summed E-state index contributed by atoms with van der Waals surface area (Å²) in [6.45, 7) is 0. The average molecular weight is 375 g/mol. The van der Waals surface area contributed by atoms with Crippen LogP contribution in [0.4, 0.5) is 5.82 Å². The number of aryl methyl sites for hydroxylation is 2. The topological polar surface area (TPSA) is 99.8 Å². The summed E-state index contributed by atoms with van der Waals surface area (Å²) in [5.74, 6) is -0.268. The van der Waals surface area contributed by atoms with Crippen molar-refractivity contribution in [2.24, 2.45) is 0 Å². The third-order valence-corrected chi connectivity index (χ3v) is 4.84. The third-order valence-electron chi connectivity index (χ3n) is 4.84. The second-order valence-electron chi connectivity index (χ2n) is 6.79. The second kappa shape index (κ2) is 8.04. The Morgan fingerprint density at radius 3 is 2.61 bits per heavy atom. The molecular weight excluding hydrogens is 354 g/mol. The van der Waals surface area contributed by atoms with Crippen LogP contribution in [-0.4, -0.2) is 27.0 Å². The molecule has 4 rings (SSSR count). The molecule has 7 heteroatoms. The predicted molar refractivity (Wildman–Crippen MR) is 105 cm³/mol. The van der Waals surface area contributed by atoms with Crippen molar-refractivity contribution in [2.75, 3.05) is 5.32 Å². The summed E-state index contributed by atoms with van der Waals surface area (Å²) in [6.07, 6.45) is 5.68. The minimum absolute atomic E-state index is 0.330. The van der Waals surface area contributed by atoms with Gasteiger partial charge in [-0.2, -0.15) is 5.10 Å². The zero-order valence-electron chi connectivity index (χ0n) is 15.3. The van der Waals surface area contributed by atoms with Crippen LogP contribution in [-0.2, 0) is 17.6 Å². The molecule has 1 aliphatic carbocycles. The van der Waals surface area contributed by atoms with Crippen LogP contribution in [0.25, 0.3) is 0 Å². The van der Waals surface area contributed by atoms with Crippen LogP contribution in [0.5, 0.6) is 0 Å². The summed E-state index contributed by atoms with van der Waals surface area (Å²) in [6, 6.07) is 13.6. The number of nitrogens with zero attached hydrogens (tertiary/aromatic N) is 2. The van der Waals surface area contributed by atoms with Gasteiger partial charge in [-0.25, -0.2) is 4.98 Å². The van der Waals surface area contributed by atoms with Crippen molar-refractivity contribution in [1.29, 1.82) is 0 Å². The maximum atomic E-state index is 12.8. The van der Waals surface area contributed by atoms with E-state index in [4.69, 9.17) is 0 Å². The lowest BCUT2D eigenvalue weighted by Gasteiger charge is -2.19. The molecule has 1 unspecified atom stereocenters. The van der Waals surface area contributed by atoms with E-state index in [-0.39, 0.29) is 11.8 Å². The summed E-state index contributed by atoms with van der Waals surface area (Å²) >= 11 is 0. The van der Waals surface area contributed by atoms with Crippen molar-refractivity contribution in [2.45, 2.75) is 31.7 Å². The van der Waals surface area contributed by atoms with Gasteiger partial charge < -0.3 is 10.6 Å². The number of pyridine rings is 1. The van der Waals surface area contributed by atoms with Crippen molar-refractivity contribution < 1.29 is 9.59 Å². The highest BCUT2D eigenvalue weighted by Crippen LogP contribution is 2.20. The number of nitrogens with one attached hydrogen (secondary N) is 3. The fraction of sp³-hybridized carbons (Fsp3) is 0.238. The lowest BCUT2D eigenvalue weighted by molar-refractivity contribution is -0.118. The molecule has 2 amide bonds.